The van der Waals surface area contributed by atoms with E-state index in [1.807, 2.05) is 13.8 Å². The predicted octanol–water partition coefficient (Wildman–Crippen LogP) is 9.39. The number of aromatic nitrogens is 2. The summed E-state index contributed by atoms with van der Waals surface area (Å²) in [5, 5.41) is 0. The van der Waals surface area contributed by atoms with Gasteiger partial charge in [-0.3, -0.25) is 9.69 Å². The van der Waals surface area contributed by atoms with Crippen molar-refractivity contribution in [2.75, 3.05) is 32.7 Å². The summed E-state index contributed by atoms with van der Waals surface area (Å²) < 4.78 is 0. The molecule has 3 heterocycles. The number of piperidine rings is 1. The average molecular weight is 629 g/mol. The summed E-state index contributed by atoms with van der Waals surface area (Å²) in [5.41, 5.74) is 6.90. The third-order valence-electron chi connectivity index (χ3n) is 10.3. The number of nitrogens with one attached hydrogen (secondary N) is 1. The number of aryl methyl sites for hydroxylation is 1. The molecule has 5 heteroatoms. The first-order valence-corrected chi connectivity index (χ1v) is 18.5. The van der Waals surface area contributed by atoms with E-state index in [9.17, 15) is 4.79 Å². The van der Waals surface area contributed by atoms with Gasteiger partial charge < -0.3 is 9.88 Å². The lowest BCUT2D eigenvalue weighted by Gasteiger charge is -2.30. The number of hydrogen-bond donors (Lipinski definition) is 1. The number of aromatic amines is 1. The number of carbonyl (C=O) groups excluding carboxylic acids is 1. The van der Waals surface area contributed by atoms with Crippen LogP contribution in [0.15, 0.2) is 54.6 Å². The van der Waals surface area contributed by atoms with Gasteiger partial charge in [0.1, 0.15) is 11.6 Å². The standard InChI is InChI=1S/C20H29NO.C19H27N3.C2H6.H2/c1-14(2)17-5-4-6-18(12-17)19-9-10-21(13-19)20(15(3)22)11-16-7-8-16;1-3-17-19(16-10-12-22(4-2)13-11-16)21-18(20-17)14-15-8-6-5-7-9-15;1-2;/h4-6,12,14,16,19-20H,7-11,13H2,1-3H3;5-9,16H,3-4,10-14H2,1-2H3,(H,20,21);1-2H3;1H/t19-,20-;;;/m1.../s1. The van der Waals surface area contributed by atoms with E-state index in [1.54, 1.807) is 6.92 Å². The highest BCUT2D eigenvalue weighted by Crippen LogP contribution is 2.37. The molecule has 3 aromatic rings. The number of likely N-dealkylation sites (tertiary alicyclic amines) is 2. The number of rotatable bonds is 11. The van der Waals surface area contributed by atoms with Crippen LogP contribution in [0, 0.1) is 5.92 Å². The summed E-state index contributed by atoms with van der Waals surface area (Å²) >= 11 is 0. The third-order valence-corrected chi connectivity index (χ3v) is 10.3. The Balaban J connectivity index is 0.000000238. The first-order valence-electron chi connectivity index (χ1n) is 18.5. The van der Waals surface area contributed by atoms with Crippen LogP contribution >= 0.6 is 0 Å². The minimum Gasteiger partial charge on any atom is -0.345 e. The fourth-order valence-corrected chi connectivity index (χ4v) is 7.24. The highest BCUT2D eigenvalue weighted by Gasteiger charge is 2.35. The van der Waals surface area contributed by atoms with Gasteiger partial charge in [-0.1, -0.05) is 109 Å². The van der Waals surface area contributed by atoms with Crippen molar-refractivity contribution in [1.29, 1.82) is 0 Å². The number of carbonyl (C=O) groups is 1. The second-order valence-corrected chi connectivity index (χ2v) is 13.9. The van der Waals surface area contributed by atoms with Crippen LogP contribution in [0.2, 0.25) is 0 Å². The van der Waals surface area contributed by atoms with Crippen molar-refractivity contribution in [3.05, 3.63) is 88.5 Å². The molecule has 6 rings (SSSR count). The molecule has 0 unspecified atom stereocenters. The van der Waals surface area contributed by atoms with Gasteiger partial charge in [0.25, 0.3) is 0 Å². The molecule has 5 nitrogen and oxygen atoms in total. The van der Waals surface area contributed by atoms with Crippen LogP contribution in [0.5, 0.6) is 0 Å². The number of ketones is 1. The van der Waals surface area contributed by atoms with Gasteiger partial charge in [-0.05, 0) is 99.7 Å². The third kappa shape index (κ3) is 10.1. The number of imidazole rings is 1. The summed E-state index contributed by atoms with van der Waals surface area (Å²) in [6.45, 7) is 20.5. The van der Waals surface area contributed by atoms with Crippen LogP contribution in [0.1, 0.15) is 140 Å². The SMILES string of the molecule is CC.CC(=O)[C@@H](CC1CC1)N1CC[C@@H](c2cccc(C(C)C)c2)C1.CCc1[nH]c(Cc2ccccc2)nc1C1CCN(CC)CC1.[HH]. The molecule has 3 fully saturated rings. The highest BCUT2D eigenvalue weighted by atomic mass is 16.1. The molecule has 1 aromatic heterocycles. The quantitative estimate of drug-likeness (QED) is 0.230. The molecule has 0 amide bonds. The normalized spacial score (nSPS) is 19.7. The van der Waals surface area contributed by atoms with Crippen LogP contribution in [-0.2, 0) is 17.6 Å². The lowest BCUT2D eigenvalue weighted by Crippen LogP contribution is -2.38. The Hall–Kier alpha value is -2.76. The van der Waals surface area contributed by atoms with Gasteiger partial charge >= 0.3 is 0 Å². The van der Waals surface area contributed by atoms with E-state index in [-0.39, 0.29) is 7.47 Å². The van der Waals surface area contributed by atoms with Crippen molar-refractivity contribution >= 4 is 5.78 Å². The first-order chi connectivity index (χ1) is 22.3. The molecular formula is C41H64N4O. The maximum Gasteiger partial charge on any atom is 0.146 e. The molecule has 0 spiro atoms. The molecule has 0 radical (unpaired) electrons. The van der Waals surface area contributed by atoms with Crippen LogP contribution in [0.4, 0.5) is 0 Å². The maximum atomic E-state index is 12.0. The lowest BCUT2D eigenvalue weighted by atomic mass is 9.92. The topological polar surface area (TPSA) is 52.2 Å². The maximum absolute atomic E-state index is 12.0. The molecule has 1 saturated carbocycles. The number of nitrogens with zero attached hydrogens (tertiary/aromatic N) is 3. The van der Waals surface area contributed by atoms with Gasteiger partial charge in [0, 0.05) is 26.0 Å². The highest BCUT2D eigenvalue weighted by molar-refractivity contribution is 5.81. The largest absolute Gasteiger partial charge is 0.345 e. The Morgan fingerprint density at radius 2 is 1.63 bits per heavy atom. The van der Waals surface area contributed by atoms with Crippen molar-refractivity contribution < 1.29 is 6.22 Å². The monoisotopic (exact) mass is 629 g/mol. The van der Waals surface area contributed by atoms with Gasteiger partial charge in [0.15, 0.2) is 0 Å². The second kappa shape index (κ2) is 18.0. The minimum atomic E-state index is 0. The molecule has 1 N–H and O–H groups in total. The van der Waals surface area contributed by atoms with E-state index in [0.717, 1.165) is 44.1 Å². The molecular weight excluding hydrogens is 564 g/mol. The average Bonchev–Trinajstić information content (AvgIpc) is 3.62. The van der Waals surface area contributed by atoms with E-state index in [4.69, 9.17) is 4.98 Å². The van der Waals surface area contributed by atoms with Crippen LogP contribution in [0.3, 0.4) is 0 Å². The predicted molar refractivity (Wildman–Crippen MR) is 196 cm³/mol. The molecule has 1 aliphatic carbocycles. The van der Waals surface area contributed by atoms with Crippen LogP contribution in [-0.4, -0.2) is 64.3 Å². The summed E-state index contributed by atoms with van der Waals surface area (Å²) in [5.74, 6) is 4.12. The lowest BCUT2D eigenvalue weighted by molar-refractivity contribution is -0.122. The fraction of sp³-hybridized carbons (Fsp3) is 0.610. The zero-order valence-corrected chi connectivity index (χ0v) is 30.0. The van der Waals surface area contributed by atoms with E-state index in [0.29, 0.717) is 23.5 Å². The van der Waals surface area contributed by atoms with Crippen molar-refractivity contribution in [1.82, 2.24) is 19.8 Å². The zero-order chi connectivity index (χ0) is 33.1. The van der Waals surface area contributed by atoms with Gasteiger partial charge in [-0.25, -0.2) is 4.98 Å². The molecule has 254 valence electrons. The van der Waals surface area contributed by atoms with Gasteiger partial charge in [-0.15, -0.1) is 0 Å². The summed E-state index contributed by atoms with van der Waals surface area (Å²) in [6, 6.07) is 19.8. The van der Waals surface area contributed by atoms with Crippen LogP contribution < -0.4 is 0 Å². The molecule has 3 aliphatic rings. The smallest absolute Gasteiger partial charge is 0.146 e. The molecule has 2 atom stereocenters. The molecule has 0 bridgehead atoms. The summed E-state index contributed by atoms with van der Waals surface area (Å²) in [4.78, 5) is 25.6. The number of hydrogen-bond acceptors (Lipinski definition) is 4. The first kappa shape index (κ1) is 36.1. The molecule has 2 saturated heterocycles. The Morgan fingerprint density at radius 3 is 2.24 bits per heavy atom. The van der Waals surface area contributed by atoms with Crippen molar-refractivity contribution in [2.45, 2.75) is 124 Å². The van der Waals surface area contributed by atoms with Gasteiger partial charge in [0.05, 0.1) is 11.7 Å². The van der Waals surface area contributed by atoms with Crippen molar-refractivity contribution in [3.63, 3.8) is 0 Å². The van der Waals surface area contributed by atoms with E-state index in [1.165, 1.54) is 79.8 Å². The van der Waals surface area contributed by atoms with E-state index < -0.39 is 0 Å². The fourth-order valence-electron chi connectivity index (χ4n) is 7.24. The molecule has 2 aromatic carbocycles. The summed E-state index contributed by atoms with van der Waals surface area (Å²) in [7, 11) is 0. The Kier molecular flexibility index (Phi) is 14.1. The van der Waals surface area contributed by atoms with Gasteiger partial charge in [-0.2, -0.15) is 0 Å². The Labute approximate surface area is 282 Å². The molecule has 2 aliphatic heterocycles. The van der Waals surface area contributed by atoms with Gasteiger partial charge in [0.2, 0.25) is 0 Å². The summed E-state index contributed by atoms with van der Waals surface area (Å²) in [6.07, 6.45) is 9.39. The zero-order valence-electron chi connectivity index (χ0n) is 30.0. The number of Topliss-reactive ketones (excluding diaryl/α,β-unsaturated/α-hetero) is 1. The number of H-pyrrole nitrogens is 1. The van der Waals surface area contributed by atoms with Crippen molar-refractivity contribution in [2.24, 2.45) is 5.92 Å². The second-order valence-electron chi connectivity index (χ2n) is 13.9. The molecule has 46 heavy (non-hydrogen) atoms. The van der Waals surface area contributed by atoms with Crippen molar-refractivity contribution in [3.8, 4) is 0 Å². The van der Waals surface area contributed by atoms with Crippen LogP contribution in [0.25, 0.3) is 0 Å². The van der Waals surface area contributed by atoms with E-state index in [2.05, 4.69) is 97.1 Å². The van der Waals surface area contributed by atoms with E-state index >= 15 is 0 Å². The Bertz CT molecular complexity index is 1330. The Morgan fingerprint density at radius 1 is 0.935 bits per heavy atom. The minimum absolute atomic E-state index is 0. The number of benzene rings is 2.